The number of allylic oxidation sites excluding steroid dienone is 4. The van der Waals surface area contributed by atoms with E-state index in [1.54, 1.807) is 7.11 Å². The second kappa shape index (κ2) is 7.76. The lowest BCUT2D eigenvalue weighted by Gasteiger charge is -2.40. The summed E-state index contributed by atoms with van der Waals surface area (Å²) >= 11 is 0. The van der Waals surface area contributed by atoms with E-state index in [-0.39, 0.29) is 12.0 Å². The van der Waals surface area contributed by atoms with Crippen LogP contribution in [0.25, 0.3) is 10.9 Å². The molecular formula is C24H28N4O2. The Kier molecular flexibility index (Phi) is 4.95. The summed E-state index contributed by atoms with van der Waals surface area (Å²) in [5.74, 6) is 1.74. The zero-order chi connectivity index (χ0) is 20.7. The van der Waals surface area contributed by atoms with Gasteiger partial charge >= 0.3 is 0 Å². The fourth-order valence-electron chi connectivity index (χ4n) is 5.54. The van der Waals surface area contributed by atoms with E-state index in [0.717, 1.165) is 25.9 Å². The second-order valence-corrected chi connectivity index (χ2v) is 8.58. The molecule has 0 spiro atoms. The van der Waals surface area contributed by atoms with Crippen LogP contribution in [-0.4, -0.2) is 18.8 Å². The predicted molar refractivity (Wildman–Crippen MR) is 118 cm³/mol. The van der Waals surface area contributed by atoms with Gasteiger partial charge in [0.1, 0.15) is 11.5 Å². The number of fused-ring (bicyclic) bond motifs is 1. The molecule has 6 heteroatoms. The van der Waals surface area contributed by atoms with E-state index in [4.69, 9.17) is 4.74 Å². The smallest absolute Gasteiger partial charge is 0.145 e. The minimum absolute atomic E-state index is 0.158. The van der Waals surface area contributed by atoms with Gasteiger partial charge in [0, 0.05) is 22.8 Å². The Bertz CT molecular complexity index is 1030. The Morgan fingerprint density at radius 1 is 1.23 bits per heavy atom. The van der Waals surface area contributed by atoms with E-state index in [9.17, 15) is 4.91 Å². The highest BCUT2D eigenvalue weighted by atomic mass is 16.5. The average molecular weight is 405 g/mol. The van der Waals surface area contributed by atoms with Crippen LogP contribution in [0.15, 0.2) is 70.4 Å². The fraction of sp³-hybridized carbons (Fsp3) is 0.417. The van der Waals surface area contributed by atoms with E-state index in [1.807, 2.05) is 6.08 Å². The van der Waals surface area contributed by atoms with Crippen LogP contribution in [0.2, 0.25) is 0 Å². The van der Waals surface area contributed by atoms with Gasteiger partial charge in [-0.2, -0.15) is 0 Å². The van der Waals surface area contributed by atoms with Gasteiger partial charge in [0.25, 0.3) is 0 Å². The van der Waals surface area contributed by atoms with Crippen LogP contribution in [0, 0.1) is 22.7 Å². The standard InChI is InChI=1S/C24H28N4O2/c1-14-17(9-10-20(28-29)24(14)30-2)15-7-8-18-21(11-15)25-13-26-23(18)22-12-16-5-3-4-6-19(16)27-22/h3-6,9-10,12,14-15,17,23,25-27H,7-8,11,13H2,1-2H3. The summed E-state index contributed by atoms with van der Waals surface area (Å²) in [6, 6.07) is 10.9. The van der Waals surface area contributed by atoms with Crippen molar-refractivity contribution in [3.8, 4) is 0 Å². The van der Waals surface area contributed by atoms with Gasteiger partial charge in [-0.3, -0.25) is 5.32 Å². The van der Waals surface area contributed by atoms with Crippen molar-refractivity contribution >= 4 is 10.9 Å². The van der Waals surface area contributed by atoms with Crippen molar-refractivity contribution in [1.29, 1.82) is 0 Å². The normalized spacial score (nSPS) is 29.0. The van der Waals surface area contributed by atoms with Gasteiger partial charge in [-0.1, -0.05) is 31.2 Å². The number of nitroso groups, excluding NO2 is 1. The lowest BCUT2D eigenvalue weighted by atomic mass is 9.70. The number of aromatic amines is 1. The lowest BCUT2D eigenvalue weighted by molar-refractivity contribution is 0.182. The monoisotopic (exact) mass is 404 g/mol. The maximum absolute atomic E-state index is 11.1. The Labute approximate surface area is 176 Å². The molecule has 3 N–H and O–H groups in total. The quantitative estimate of drug-likeness (QED) is 0.636. The van der Waals surface area contributed by atoms with Crippen LogP contribution in [-0.2, 0) is 4.74 Å². The van der Waals surface area contributed by atoms with Crippen LogP contribution >= 0.6 is 0 Å². The van der Waals surface area contributed by atoms with E-state index in [1.165, 1.54) is 27.9 Å². The van der Waals surface area contributed by atoms with Gasteiger partial charge in [0.2, 0.25) is 0 Å². The Morgan fingerprint density at radius 3 is 2.90 bits per heavy atom. The first-order valence-corrected chi connectivity index (χ1v) is 10.8. The van der Waals surface area contributed by atoms with Crippen LogP contribution in [0.3, 0.4) is 0 Å². The number of hydrogen-bond acceptors (Lipinski definition) is 5. The zero-order valence-corrected chi connectivity index (χ0v) is 17.4. The van der Waals surface area contributed by atoms with Crippen LogP contribution in [0.4, 0.5) is 0 Å². The molecule has 1 aliphatic heterocycles. The molecule has 3 aliphatic rings. The number of rotatable bonds is 4. The van der Waals surface area contributed by atoms with Crippen LogP contribution < -0.4 is 10.6 Å². The summed E-state index contributed by atoms with van der Waals surface area (Å²) < 4.78 is 5.53. The first-order valence-electron chi connectivity index (χ1n) is 10.8. The molecule has 0 fully saturated rings. The second-order valence-electron chi connectivity index (χ2n) is 8.58. The molecule has 0 saturated heterocycles. The summed E-state index contributed by atoms with van der Waals surface area (Å²) in [5.41, 5.74) is 5.69. The molecule has 156 valence electrons. The highest BCUT2D eigenvalue weighted by molar-refractivity contribution is 5.80. The largest absolute Gasteiger partial charge is 0.498 e. The predicted octanol–water partition coefficient (Wildman–Crippen LogP) is 4.86. The molecule has 6 nitrogen and oxygen atoms in total. The van der Waals surface area contributed by atoms with E-state index < -0.39 is 0 Å². The van der Waals surface area contributed by atoms with Gasteiger partial charge in [0.05, 0.1) is 19.8 Å². The topological polar surface area (TPSA) is 78.5 Å². The molecular weight excluding hydrogens is 376 g/mol. The third-order valence-corrected chi connectivity index (χ3v) is 7.04. The van der Waals surface area contributed by atoms with Crippen molar-refractivity contribution in [3.05, 3.63) is 75.8 Å². The van der Waals surface area contributed by atoms with Gasteiger partial charge in [-0.15, -0.1) is 4.91 Å². The molecule has 0 saturated carbocycles. The molecule has 5 rings (SSSR count). The number of nitrogens with zero attached hydrogens (tertiary/aromatic N) is 1. The summed E-state index contributed by atoms with van der Waals surface area (Å²) in [6.07, 6.45) is 7.20. The maximum Gasteiger partial charge on any atom is 0.145 e. The van der Waals surface area contributed by atoms with Crippen LogP contribution in [0.1, 0.15) is 37.9 Å². The minimum Gasteiger partial charge on any atom is -0.498 e. The van der Waals surface area contributed by atoms with E-state index >= 15 is 0 Å². The number of H-pyrrole nitrogens is 1. The molecule has 0 amide bonds. The number of benzene rings is 1. The Balaban J connectivity index is 1.40. The number of aromatic nitrogens is 1. The van der Waals surface area contributed by atoms with Crippen molar-refractivity contribution in [2.24, 2.45) is 22.9 Å². The number of hydrogen-bond donors (Lipinski definition) is 3. The molecule has 30 heavy (non-hydrogen) atoms. The van der Waals surface area contributed by atoms with Gasteiger partial charge in [0.15, 0.2) is 0 Å². The minimum atomic E-state index is 0.158. The first-order chi connectivity index (χ1) is 14.7. The summed E-state index contributed by atoms with van der Waals surface area (Å²) in [4.78, 5) is 14.7. The average Bonchev–Trinajstić information content (AvgIpc) is 3.22. The van der Waals surface area contributed by atoms with Gasteiger partial charge < -0.3 is 15.0 Å². The number of methoxy groups -OCH3 is 1. The van der Waals surface area contributed by atoms with E-state index in [0.29, 0.717) is 23.3 Å². The molecule has 4 atom stereocenters. The molecule has 0 bridgehead atoms. The molecule has 2 aliphatic carbocycles. The van der Waals surface area contributed by atoms with E-state index in [2.05, 4.69) is 64.1 Å². The highest BCUT2D eigenvalue weighted by Gasteiger charge is 2.37. The zero-order valence-electron chi connectivity index (χ0n) is 17.4. The third-order valence-electron chi connectivity index (χ3n) is 7.04. The number of ether oxygens (including phenoxy) is 1. The third kappa shape index (κ3) is 3.16. The fourth-order valence-corrected chi connectivity index (χ4v) is 5.54. The Hall–Kier alpha value is -2.86. The van der Waals surface area contributed by atoms with Gasteiger partial charge in [-0.05, 0) is 65.4 Å². The maximum atomic E-state index is 11.1. The SMILES string of the molecule is COC1=C(N=O)C=CC(C2CCC3=C(C2)NCNC3c2cc3ccccc3[nH]2)C1C. The molecule has 2 aromatic rings. The molecule has 2 heterocycles. The van der Waals surface area contributed by atoms with Crippen LogP contribution in [0.5, 0.6) is 0 Å². The lowest BCUT2D eigenvalue weighted by Crippen LogP contribution is -2.42. The summed E-state index contributed by atoms with van der Waals surface area (Å²) in [7, 11) is 1.63. The molecule has 0 radical (unpaired) electrons. The first kappa shape index (κ1) is 19.1. The molecule has 4 unspecified atom stereocenters. The van der Waals surface area contributed by atoms with Crippen molar-refractivity contribution < 1.29 is 4.74 Å². The van der Waals surface area contributed by atoms with Crippen molar-refractivity contribution in [3.63, 3.8) is 0 Å². The number of nitrogens with one attached hydrogen (secondary N) is 3. The van der Waals surface area contributed by atoms with Crippen molar-refractivity contribution in [2.45, 2.75) is 32.2 Å². The van der Waals surface area contributed by atoms with Crippen molar-refractivity contribution in [2.75, 3.05) is 13.8 Å². The summed E-state index contributed by atoms with van der Waals surface area (Å²) in [5, 5.41) is 11.6. The van der Waals surface area contributed by atoms with Gasteiger partial charge in [-0.25, -0.2) is 0 Å². The molecule has 1 aromatic carbocycles. The number of para-hydroxylation sites is 1. The summed E-state index contributed by atoms with van der Waals surface area (Å²) in [6.45, 7) is 2.91. The highest BCUT2D eigenvalue weighted by Crippen LogP contribution is 2.45. The molecule has 1 aromatic heterocycles. The Morgan fingerprint density at radius 2 is 2.10 bits per heavy atom. The van der Waals surface area contributed by atoms with Crippen molar-refractivity contribution in [1.82, 2.24) is 15.6 Å².